The summed E-state index contributed by atoms with van der Waals surface area (Å²) in [6, 6.07) is 14.5. The van der Waals surface area contributed by atoms with Crippen molar-refractivity contribution in [2.75, 3.05) is 6.61 Å². The maximum Gasteiger partial charge on any atom is 0.338 e. The standard InChI is InChI=1S/C21H24O4/c1-4-19(25-21(23)18-11-7-16(3)8-12-18)13-14-24-20(22)17-9-5-15(2)6-10-17/h5-12,19H,4,13-14H2,1-3H3. The second-order valence-electron chi connectivity index (χ2n) is 6.09. The van der Waals surface area contributed by atoms with Crippen molar-refractivity contribution in [3.05, 3.63) is 70.8 Å². The van der Waals surface area contributed by atoms with E-state index in [1.54, 1.807) is 24.3 Å². The molecule has 0 fully saturated rings. The smallest absolute Gasteiger partial charge is 0.338 e. The van der Waals surface area contributed by atoms with Crippen LogP contribution >= 0.6 is 0 Å². The Hall–Kier alpha value is -2.62. The predicted octanol–water partition coefficient (Wildman–Crippen LogP) is 4.49. The summed E-state index contributed by atoms with van der Waals surface area (Å²) in [5.74, 6) is -0.712. The monoisotopic (exact) mass is 340 g/mol. The van der Waals surface area contributed by atoms with E-state index in [1.807, 2.05) is 45.0 Å². The topological polar surface area (TPSA) is 52.6 Å². The van der Waals surface area contributed by atoms with Gasteiger partial charge in [-0.15, -0.1) is 0 Å². The Bertz CT molecular complexity index is 702. The van der Waals surface area contributed by atoms with Crippen molar-refractivity contribution in [2.24, 2.45) is 0 Å². The zero-order valence-electron chi connectivity index (χ0n) is 15.0. The van der Waals surface area contributed by atoms with Crippen LogP contribution in [0.3, 0.4) is 0 Å². The molecule has 0 aromatic heterocycles. The Morgan fingerprint density at radius 1 is 0.840 bits per heavy atom. The summed E-state index contributed by atoms with van der Waals surface area (Å²) < 4.78 is 10.8. The molecule has 25 heavy (non-hydrogen) atoms. The molecule has 0 saturated carbocycles. The van der Waals surface area contributed by atoms with Crippen LogP contribution in [0.2, 0.25) is 0 Å². The zero-order valence-corrected chi connectivity index (χ0v) is 15.0. The summed E-state index contributed by atoms with van der Waals surface area (Å²) >= 11 is 0. The molecule has 0 radical (unpaired) electrons. The largest absolute Gasteiger partial charge is 0.462 e. The fourth-order valence-corrected chi connectivity index (χ4v) is 2.31. The number of esters is 2. The Labute approximate surface area is 148 Å². The molecular formula is C21H24O4. The Morgan fingerprint density at radius 2 is 1.32 bits per heavy atom. The van der Waals surface area contributed by atoms with Crippen LogP contribution in [0, 0.1) is 13.8 Å². The highest BCUT2D eigenvalue weighted by Crippen LogP contribution is 2.11. The highest BCUT2D eigenvalue weighted by molar-refractivity contribution is 5.90. The fourth-order valence-electron chi connectivity index (χ4n) is 2.31. The SMILES string of the molecule is CCC(CCOC(=O)c1ccc(C)cc1)OC(=O)c1ccc(C)cc1. The van der Waals surface area contributed by atoms with Crippen LogP contribution in [0.15, 0.2) is 48.5 Å². The second-order valence-corrected chi connectivity index (χ2v) is 6.09. The first-order valence-electron chi connectivity index (χ1n) is 8.51. The van der Waals surface area contributed by atoms with E-state index in [0.717, 1.165) is 11.1 Å². The van der Waals surface area contributed by atoms with Crippen LogP contribution < -0.4 is 0 Å². The molecule has 2 rings (SSSR count). The number of benzene rings is 2. The van der Waals surface area contributed by atoms with Crippen LogP contribution in [-0.4, -0.2) is 24.6 Å². The molecule has 0 spiro atoms. The van der Waals surface area contributed by atoms with E-state index < -0.39 is 0 Å². The van der Waals surface area contributed by atoms with Gasteiger partial charge in [0.25, 0.3) is 0 Å². The molecular weight excluding hydrogens is 316 g/mol. The molecule has 132 valence electrons. The van der Waals surface area contributed by atoms with Gasteiger partial charge in [0.15, 0.2) is 0 Å². The fraction of sp³-hybridized carbons (Fsp3) is 0.333. The molecule has 0 saturated heterocycles. The number of ether oxygens (including phenoxy) is 2. The minimum absolute atomic E-state index is 0.215. The Morgan fingerprint density at radius 3 is 1.80 bits per heavy atom. The third-order valence-corrected chi connectivity index (χ3v) is 3.98. The summed E-state index contributed by atoms with van der Waals surface area (Å²) in [5, 5.41) is 0. The predicted molar refractivity (Wildman–Crippen MR) is 96.8 cm³/mol. The van der Waals surface area contributed by atoms with Crippen molar-refractivity contribution in [1.82, 2.24) is 0 Å². The number of hydrogen-bond donors (Lipinski definition) is 0. The molecule has 4 heteroatoms. The summed E-state index contributed by atoms with van der Waals surface area (Å²) in [7, 11) is 0. The van der Waals surface area contributed by atoms with E-state index in [0.29, 0.717) is 24.0 Å². The first-order chi connectivity index (χ1) is 12.0. The molecule has 0 bridgehead atoms. The van der Waals surface area contributed by atoms with Crippen molar-refractivity contribution in [3.8, 4) is 0 Å². The van der Waals surface area contributed by atoms with E-state index in [9.17, 15) is 9.59 Å². The van der Waals surface area contributed by atoms with Crippen molar-refractivity contribution in [3.63, 3.8) is 0 Å². The lowest BCUT2D eigenvalue weighted by Gasteiger charge is -2.16. The molecule has 0 aliphatic rings. The van der Waals surface area contributed by atoms with Gasteiger partial charge in [-0.1, -0.05) is 42.3 Å². The molecule has 2 aromatic carbocycles. The van der Waals surface area contributed by atoms with Gasteiger partial charge in [-0.05, 0) is 44.5 Å². The van der Waals surface area contributed by atoms with Crippen LogP contribution in [-0.2, 0) is 9.47 Å². The number of carbonyl (C=O) groups is 2. The minimum atomic E-state index is -0.361. The maximum absolute atomic E-state index is 12.1. The van der Waals surface area contributed by atoms with Gasteiger partial charge in [0, 0.05) is 6.42 Å². The van der Waals surface area contributed by atoms with E-state index in [2.05, 4.69) is 0 Å². The summed E-state index contributed by atoms with van der Waals surface area (Å²) in [6.07, 6.45) is 0.866. The molecule has 0 amide bonds. The normalized spacial score (nSPS) is 11.6. The first kappa shape index (κ1) is 18.7. The van der Waals surface area contributed by atoms with Crippen molar-refractivity contribution >= 4 is 11.9 Å². The summed E-state index contributed by atoms with van der Waals surface area (Å²) in [6.45, 7) is 6.08. The molecule has 0 aliphatic heterocycles. The Balaban J connectivity index is 1.81. The lowest BCUT2D eigenvalue weighted by atomic mass is 10.1. The van der Waals surface area contributed by atoms with Crippen LogP contribution in [0.1, 0.15) is 51.6 Å². The van der Waals surface area contributed by atoms with E-state index in [1.165, 1.54) is 0 Å². The molecule has 1 atom stereocenters. The highest BCUT2D eigenvalue weighted by atomic mass is 16.6. The van der Waals surface area contributed by atoms with Crippen molar-refractivity contribution in [2.45, 2.75) is 39.7 Å². The van der Waals surface area contributed by atoms with Gasteiger partial charge in [-0.25, -0.2) is 9.59 Å². The second kappa shape index (κ2) is 9.02. The van der Waals surface area contributed by atoms with Crippen LogP contribution in [0.5, 0.6) is 0 Å². The summed E-state index contributed by atoms with van der Waals surface area (Å²) in [5.41, 5.74) is 3.23. The average Bonchev–Trinajstić information content (AvgIpc) is 2.61. The lowest BCUT2D eigenvalue weighted by molar-refractivity contribution is 0.0177. The molecule has 0 aliphatic carbocycles. The van der Waals surface area contributed by atoms with Gasteiger partial charge in [0.2, 0.25) is 0 Å². The number of rotatable bonds is 7. The highest BCUT2D eigenvalue weighted by Gasteiger charge is 2.15. The number of aryl methyl sites for hydroxylation is 2. The van der Waals surface area contributed by atoms with Crippen LogP contribution in [0.25, 0.3) is 0 Å². The third kappa shape index (κ3) is 5.75. The van der Waals surface area contributed by atoms with Gasteiger partial charge in [0.1, 0.15) is 6.10 Å². The van der Waals surface area contributed by atoms with Gasteiger partial charge < -0.3 is 9.47 Å². The lowest BCUT2D eigenvalue weighted by Crippen LogP contribution is -2.20. The van der Waals surface area contributed by atoms with Crippen molar-refractivity contribution in [1.29, 1.82) is 0 Å². The first-order valence-corrected chi connectivity index (χ1v) is 8.51. The summed E-state index contributed by atoms with van der Waals surface area (Å²) in [4.78, 5) is 24.1. The van der Waals surface area contributed by atoms with E-state index in [-0.39, 0.29) is 24.6 Å². The average molecular weight is 340 g/mol. The third-order valence-electron chi connectivity index (χ3n) is 3.98. The number of carbonyl (C=O) groups excluding carboxylic acids is 2. The Kier molecular flexibility index (Phi) is 6.75. The zero-order chi connectivity index (χ0) is 18.2. The van der Waals surface area contributed by atoms with E-state index in [4.69, 9.17) is 9.47 Å². The maximum atomic E-state index is 12.1. The molecule has 2 aromatic rings. The molecule has 4 nitrogen and oxygen atoms in total. The van der Waals surface area contributed by atoms with Gasteiger partial charge >= 0.3 is 11.9 Å². The van der Waals surface area contributed by atoms with Gasteiger partial charge in [-0.2, -0.15) is 0 Å². The van der Waals surface area contributed by atoms with E-state index >= 15 is 0 Å². The molecule has 1 unspecified atom stereocenters. The number of hydrogen-bond acceptors (Lipinski definition) is 4. The minimum Gasteiger partial charge on any atom is -0.462 e. The van der Waals surface area contributed by atoms with Gasteiger partial charge in [0.05, 0.1) is 17.7 Å². The van der Waals surface area contributed by atoms with Crippen molar-refractivity contribution < 1.29 is 19.1 Å². The molecule has 0 N–H and O–H groups in total. The van der Waals surface area contributed by atoms with Crippen LogP contribution in [0.4, 0.5) is 0 Å². The quantitative estimate of drug-likeness (QED) is 0.697. The van der Waals surface area contributed by atoms with Gasteiger partial charge in [-0.3, -0.25) is 0 Å². The molecule has 0 heterocycles.